The number of ether oxygens (including phenoxy) is 1. The molecular weight excluding hydrogens is 204 g/mol. The summed E-state index contributed by atoms with van der Waals surface area (Å²) in [5.41, 5.74) is 0.483. The molecule has 0 aromatic heterocycles. The molecule has 80 valence electrons. The average molecular weight is 214 g/mol. The molecule has 0 saturated carbocycles. The van der Waals surface area contributed by atoms with Crippen molar-refractivity contribution in [3.05, 3.63) is 60.6 Å². The molecule has 3 nitrogen and oxygen atoms in total. The minimum atomic E-state index is -0.484. The second-order valence-electron chi connectivity index (χ2n) is 3.22. The summed E-state index contributed by atoms with van der Waals surface area (Å²) in [6.45, 7) is 0. The maximum Gasteiger partial charge on any atom is 0.343 e. The zero-order valence-corrected chi connectivity index (χ0v) is 8.46. The SMILES string of the molecule is O=C(OC=CO)c1cccc2ccccc12. The molecule has 0 amide bonds. The topological polar surface area (TPSA) is 46.5 Å². The highest BCUT2D eigenvalue weighted by atomic mass is 16.5. The van der Waals surface area contributed by atoms with Crippen LogP contribution in [0.2, 0.25) is 0 Å². The van der Waals surface area contributed by atoms with Crippen molar-refractivity contribution in [1.29, 1.82) is 0 Å². The van der Waals surface area contributed by atoms with Crippen LogP contribution in [0.5, 0.6) is 0 Å². The van der Waals surface area contributed by atoms with Gasteiger partial charge < -0.3 is 9.84 Å². The zero-order valence-electron chi connectivity index (χ0n) is 8.46. The summed E-state index contributed by atoms with van der Waals surface area (Å²) in [5.74, 6) is -0.484. The Morgan fingerprint density at radius 1 is 1.12 bits per heavy atom. The van der Waals surface area contributed by atoms with Crippen molar-refractivity contribution in [3.63, 3.8) is 0 Å². The normalized spacial score (nSPS) is 10.8. The maximum atomic E-state index is 11.6. The zero-order chi connectivity index (χ0) is 11.4. The van der Waals surface area contributed by atoms with Crippen LogP contribution in [0.4, 0.5) is 0 Å². The van der Waals surface area contributed by atoms with Crippen LogP contribution in [-0.4, -0.2) is 11.1 Å². The summed E-state index contributed by atoms with van der Waals surface area (Å²) in [5, 5.41) is 10.2. The highest BCUT2D eigenvalue weighted by Crippen LogP contribution is 2.19. The fraction of sp³-hybridized carbons (Fsp3) is 0. The van der Waals surface area contributed by atoms with E-state index in [1.807, 2.05) is 30.3 Å². The molecule has 2 aromatic rings. The Balaban J connectivity index is 2.48. The van der Waals surface area contributed by atoms with Crippen molar-refractivity contribution in [2.75, 3.05) is 0 Å². The Morgan fingerprint density at radius 3 is 2.69 bits per heavy atom. The molecular formula is C13H10O3. The van der Waals surface area contributed by atoms with Crippen molar-refractivity contribution in [1.82, 2.24) is 0 Å². The predicted octanol–water partition coefficient (Wildman–Crippen LogP) is 3.03. The molecule has 0 spiro atoms. The standard InChI is InChI=1S/C13H10O3/c14-8-9-16-13(15)12-7-3-5-10-4-1-2-6-11(10)12/h1-9,14H. The molecule has 0 bridgehead atoms. The third kappa shape index (κ3) is 1.88. The van der Waals surface area contributed by atoms with Gasteiger partial charge in [-0.05, 0) is 16.8 Å². The smallest absolute Gasteiger partial charge is 0.343 e. The molecule has 0 radical (unpaired) electrons. The molecule has 0 aliphatic rings. The molecule has 0 aliphatic carbocycles. The minimum Gasteiger partial charge on any atom is -0.512 e. The maximum absolute atomic E-state index is 11.6. The molecule has 0 unspecified atom stereocenters. The summed E-state index contributed by atoms with van der Waals surface area (Å²) in [7, 11) is 0. The Morgan fingerprint density at radius 2 is 1.88 bits per heavy atom. The lowest BCUT2D eigenvalue weighted by Crippen LogP contribution is -2.01. The van der Waals surface area contributed by atoms with E-state index in [4.69, 9.17) is 9.84 Å². The van der Waals surface area contributed by atoms with Crippen LogP contribution < -0.4 is 0 Å². The van der Waals surface area contributed by atoms with E-state index < -0.39 is 5.97 Å². The highest BCUT2D eigenvalue weighted by molar-refractivity contribution is 6.04. The fourth-order valence-electron chi connectivity index (χ4n) is 1.56. The van der Waals surface area contributed by atoms with E-state index in [0.29, 0.717) is 11.8 Å². The quantitative estimate of drug-likeness (QED) is 0.617. The van der Waals surface area contributed by atoms with Crippen LogP contribution in [0.3, 0.4) is 0 Å². The van der Waals surface area contributed by atoms with Gasteiger partial charge >= 0.3 is 5.97 Å². The largest absolute Gasteiger partial charge is 0.512 e. The molecule has 0 heterocycles. The summed E-state index contributed by atoms with van der Waals surface area (Å²) in [6.07, 6.45) is 1.63. The first-order chi connectivity index (χ1) is 7.83. The second kappa shape index (κ2) is 4.49. The fourth-order valence-corrected chi connectivity index (χ4v) is 1.56. The number of hydrogen-bond acceptors (Lipinski definition) is 3. The van der Waals surface area contributed by atoms with Crippen LogP contribution in [0.15, 0.2) is 55.0 Å². The van der Waals surface area contributed by atoms with Gasteiger partial charge in [-0.15, -0.1) is 0 Å². The van der Waals surface area contributed by atoms with Gasteiger partial charge in [0, 0.05) is 0 Å². The third-order valence-electron chi connectivity index (χ3n) is 2.25. The third-order valence-corrected chi connectivity index (χ3v) is 2.25. The van der Waals surface area contributed by atoms with E-state index in [-0.39, 0.29) is 0 Å². The number of carbonyl (C=O) groups is 1. The van der Waals surface area contributed by atoms with Gasteiger partial charge in [-0.3, -0.25) is 0 Å². The second-order valence-corrected chi connectivity index (χ2v) is 3.22. The highest BCUT2D eigenvalue weighted by Gasteiger charge is 2.09. The monoisotopic (exact) mass is 214 g/mol. The first kappa shape index (κ1) is 10.2. The Kier molecular flexibility index (Phi) is 2.87. The predicted molar refractivity (Wildman–Crippen MR) is 61.1 cm³/mol. The molecule has 16 heavy (non-hydrogen) atoms. The van der Waals surface area contributed by atoms with Crippen molar-refractivity contribution >= 4 is 16.7 Å². The first-order valence-corrected chi connectivity index (χ1v) is 4.81. The van der Waals surface area contributed by atoms with E-state index in [0.717, 1.165) is 17.0 Å². The lowest BCUT2D eigenvalue weighted by atomic mass is 10.1. The van der Waals surface area contributed by atoms with Gasteiger partial charge in [-0.2, -0.15) is 0 Å². The van der Waals surface area contributed by atoms with Crippen molar-refractivity contribution in [2.24, 2.45) is 0 Å². The van der Waals surface area contributed by atoms with E-state index in [9.17, 15) is 4.79 Å². The summed E-state index contributed by atoms with van der Waals surface area (Å²) < 4.78 is 4.72. The average Bonchev–Trinajstić information content (AvgIpc) is 2.35. The number of hydrogen-bond donors (Lipinski definition) is 1. The van der Waals surface area contributed by atoms with E-state index in [1.165, 1.54) is 0 Å². The number of benzene rings is 2. The lowest BCUT2D eigenvalue weighted by molar-refractivity contribution is 0.0659. The van der Waals surface area contributed by atoms with Gasteiger partial charge in [0.05, 0.1) is 5.56 Å². The van der Waals surface area contributed by atoms with Crippen LogP contribution >= 0.6 is 0 Å². The summed E-state index contributed by atoms with van der Waals surface area (Å²) in [6, 6.07) is 13.0. The molecule has 0 saturated heterocycles. The number of aliphatic hydroxyl groups is 1. The Labute approximate surface area is 92.6 Å². The van der Waals surface area contributed by atoms with Crippen LogP contribution in [0, 0.1) is 0 Å². The molecule has 1 N–H and O–H groups in total. The molecule has 0 atom stereocenters. The molecule has 3 heteroatoms. The molecule has 0 aliphatic heterocycles. The summed E-state index contributed by atoms with van der Waals surface area (Å²) >= 11 is 0. The van der Waals surface area contributed by atoms with Crippen molar-refractivity contribution in [2.45, 2.75) is 0 Å². The van der Waals surface area contributed by atoms with Gasteiger partial charge in [-0.25, -0.2) is 4.79 Å². The van der Waals surface area contributed by atoms with E-state index in [1.54, 1.807) is 12.1 Å². The van der Waals surface area contributed by atoms with Crippen LogP contribution in [0.1, 0.15) is 10.4 Å². The number of aliphatic hydroxyl groups excluding tert-OH is 1. The Bertz CT molecular complexity index is 538. The molecule has 2 rings (SSSR count). The lowest BCUT2D eigenvalue weighted by Gasteiger charge is -2.03. The number of esters is 1. The van der Waals surface area contributed by atoms with Gasteiger partial charge in [0.1, 0.15) is 12.5 Å². The number of fused-ring (bicyclic) bond motifs is 1. The van der Waals surface area contributed by atoms with Gasteiger partial charge in [0.15, 0.2) is 0 Å². The van der Waals surface area contributed by atoms with Gasteiger partial charge in [-0.1, -0.05) is 36.4 Å². The molecule has 2 aromatic carbocycles. The van der Waals surface area contributed by atoms with E-state index >= 15 is 0 Å². The Hall–Kier alpha value is -2.29. The van der Waals surface area contributed by atoms with Crippen LogP contribution in [-0.2, 0) is 4.74 Å². The summed E-state index contributed by atoms with van der Waals surface area (Å²) in [4.78, 5) is 11.6. The van der Waals surface area contributed by atoms with Gasteiger partial charge in [0.2, 0.25) is 0 Å². The number of rotatable bonds is 2. The van der Waals surface area contributed by atoms with Gasteiger partial charge in [0.25, 0.3) is 0 Å². The van der Waals surface area contributed by atoms with Crippen LogP contribution in [0.25, 0.3) is 10.8 Å². The molecule has 0 fully saturated rings. The van der Waals surface area contributed by atoms with E-state index in [2.05, 4.69) is 0 Å². The minimum absolute atomic E-state index is 0.483. The first-order valence-electron chi connectivity index (χ1n) is 4.81. The van der Waals surface area contributed by atoms with Crippen molar-refractivity contribution in [3.8, 4) is 0 Å². The number of carbonyl (C=O) groups excluding carboxylic acids is 1. The van der Waals surface area contributed by atoms with Crippen molar-refractivity contribution < 1.29 is 14.6 Å².